The Hall–Kier alpha value is -2.51. The van der Waals surface area contributed by atoms with E-state index in [0.717, 1.165) is 36.2 Å². The molecule has 3 heterocycles. The highest BCUT2D eigenvalue weighted by molar-refractivity contribution is 5.77. The van der Waals surface area contributed by atoms with Gasteiger partial charge in [-0.3, -0.25) is 9.59 Å². The number of hydrogen-bond donors (Lipinski definition) is 1. The van der Waals surface area contributed by atoms with Crippen molar-refractivity contribution in [2.75, 3.05) is 19.6 Å². The van der Waals surface area contributed by atoms with Gasteiger partial charge in [-0.1, -0.05) is 6.92 Å². The molecule has 2 amide bonds. The molecule has 0 saturated carbocycles. The highest BCUT2D eigenvalue weighted by Gasteiger charge is 2.30. The van der Waals surface area contributed by atoms with Crippen molar-refractivity contribution in [3.05, 3.63) is 18.1 Å². The van der Waals surface area contributed by atoms with Crippen LogP contribution in [0.15, 0.2) is 12.4 Å². The predicted octanol–water partition coefficient (Wildman–Crippen LogP) is 1.08. The summed E-state index contributed by atoms with van der Waals surface area (Å²) in [4.78, 5) is 34.0. The fourth-order valence-electron chi connectivity index (χ4n) is 3.28. The van der Waals surface area contributed by atoms with E-state index in [2.05, 4.69) is 15.3 Å². The van der Waals surface area contributed by atoms with Crippen LogP contribution in [0.5, 0.6) is 0 Å². The molecule has 1 saturated heterocycles. The zero-order valence-electron chi connectivity index (χ0n) is 14.7. The third-order valence-electron chi connectivity index (χ3n) is 4.48. The van der Waals surface area contributed by atoms with Crippen molar-refractivity contribution in [3.63, 3.8) is 0 Å². The molecular formula is C17H24N6O2. The zero-order valence-corrected chi connectivity index (χ0v) is 14.7. The molecule has 0 spiro atoms. The maximum atomic E-state index is 12.1. The summed E-state index contributed by atoms with van der Waals surface area (Å²) in [5, 5.41) is 7.48. The van der Waals surface area contributed by atoms with E-state index in [9.17, 15) is 9.59 Å². The fourth-order valence-corrected chi connectivity index (χ4v) is 3.28. The summed E-state index contributed by atoms with van der Waals surface area (Å²) in [7, 11) is 0. The van der Waals surface area contributed by atoms with E-state index >= 15 is 0 Å². The summed E-state index contributed by atoms with van der Waals surface area (Å²) in [5.41, 5.74) is 2.42. The van der Waals surface area contributed by atoms with Crippen LogP contribution >= 0.6 is 0 Å². The van der Waals surface area contributed by atoms with Crippen molar-refractivity contribution >= 4 is 23.0 Å². The van der Waals surface area contributed by atoms with E-state index in [1.807, 2.05) is 11.8 Å². The summed E-state index contributed by atoms with van der Waals surface area (Å²) >= 11 is 0. The minimum absolute atomic E-state index is 0.0661. The molecule has 0 radical (unpaired) electrons. The van der Waals surface area contributed by atoms with E-state index in [1.54, 1.807) is 17.1 Å². The summed E-state index contributed by atoms with van der Waals surface area (Å²) in [6.07, 6.45) is 5.67. The monoisotopic (exact) mass is 344 g/mol. The Balaban J connectivity index is 1.80. The minimum atomic E-state index is -0.0661. The lowest BCUT2D eigenvalue weighted by Crippen LogP contribution is -2.28. The van der Waals surface area contributed by atoms with Crippen LogP contribution in [-0.2, 0) is 16.1 Å². The second kappa shape index (κ2) is 7.58. The van der Waals surface area contributed by atoms with E-state index in [0.29, 0.717) is 26.1 Å². The second-order valence-corrected chi connectivity index (χ2v) is 6.40. The first-order chi connectivity index (χ1) is 12.1. The van der Waals surface area contributed by atoms with Crippen molar-refractivity contribution in [2.24, 2.45) is 0 Å². The van der Waals surface area contributed by atoms with Gasteiger partial charge in [-0.15, -0.1) is 0 Å². The largest absolute Gasteiger partial charge is 0.354 e. The number of carbonyl (C=O) groups excluding carboxylic acids is 2. The number of likely N-dealkylation sites (tertiary alicyclic amines) is 1. The number of fused-ring (bicyclic) bond motifs is 1. The van der Waals surface area contributed by atoms with Gasteiger partial charge in [-0.05, 0) is 12.8 Å². The number of aromatic nitrogens is 4. The van der Waals surface area contributed by atoms with Crippen molar-refractivity contribution in [1.82, 2.24) is 30.0 Å². The van der Waals surface area contributed by atoms with Gasteiger partial charge in [0.2, 0.25) is 11.8 Å². The molecule has 0 aromatic carbocycles. The number of hydrogen-bond acceptors (Lipinski definition) is 5. The number of carbonyl (C=O) groups is 2. The molecule has 1 atom stereocenters. The van der Waals surface area contributed by atoms with Gasteiger partial charge in [0, 0.05) is 51.3 Å². The molecule has 0 bridgehead atoms. The molecule has 8 heteroatoms. The van der Waals surface area contributed by atoms with Crippen LogP contribution in [0.2, 0.25) is 0 Å². The normalized spacial score (nSPS) is 17.2. The van der Waals surface area contributed by atoms with Gasteiger partial charge in [0.1, 0.15) is 5.52 Å². The maximum Gasteiger partial charge on any atom is 0.222 e. The van der Waals surface area contributed by atoms with Crippen LogP contribution in [-0.4, -0.2) is 56.1 Å². The Morgan fingerprint density at radius 2 is 2.12 bits per heavy atom. The van der Waals surface area contributed by atoms with E-state index < -0.39 is 0 Å². The SMILES string of the molecule is CCCC(=O)N1CC[C@H](c2nn(CCNC(C)=O)c3nccnc23)C1. The van der Waals surface area contributed by atoms with Crippen LogP contribution in [0, 0.1) is 0 Å². The lowest BCUT2D eigenvalue weighted by atomic mass is 10.0. The standard InChI is InChI=1S/C17H24N6O2/c1-3-4-14(25)22-9-5-13(11-22)15-16-17(20-7-6-19-16)23(21-15)10-8-18-12(2)24/h6-7,13H,3-5,8-11H2,1-2H3,(H,18,24)/t13-/m0/s1. The highest BCUT2D eigenvalue weighted by Crippen LogP contribution is 2.30. The topological polar surface area (TPSA) is 93.0 Å². The van der Waals surface area contributed by atoms with Gasteiger partial charge in [-0.2, -0.15) is 5.10 Å². The van der Waals surface area contributed by atoms with Gasteiger partial charge >= 0.3 is 0 Å². The molecular weight excluding hydrogens is 320 g/mol. The second-order valence-electron chi connectivity index (χ2n) is 6.40. The number of amides is 2. The summed E-state index contributed by atoms with van der Waals surface area (Å²) in [5.74, 6) is 0.330. The Morgan fingerprint density at radius 3 is 2.88 bits per heavy atom. The van der Waals surface area contributed by atoms with Crippen LogP contribution < -0.4 is 5.32 Å². The number of nitrogens with zero attached hydrogens (tertiary/aromatic N) is 5. The molecule has 0 aliphatic carbocycles. The molecule has 1 fully saturated rings. The first-order valence-corrected chi connectivity index (χ1v) is 8.79. The van der Waals surface area contributed by atoms with Crippen LogP contribution in [0.3, 0.4) is 0 Å². The predicted molar refractivity (Wildman–Crippen MR) is 92.9 cm³/mol. The molecule has 2 aromatic rings. The van der Waals surface area contributed by atoms with Crippen molar-refractivity contribution in [3.8, 4) is 0 Å². The van der Waals surface area contributed by atoms with E-state index in [1.165, 1.54) is 6.92 Å². The number of rotatable bonds is 6. The summed E-state index contributed by atoms with van der Waals surface area (Å²) in [6, 6.07) is 0. The maximum absolute atomic E-state index is 12.1. The molecule has 3 rings (SSSR count). The number of nitrogens with one attached hydrogen (secondary N) is 1. The van der Waals surface area contributed by atoms with E-state index in [4.69, 9.17) is 5.10 Å². The average molecular weight is 344 g/mol. The molecule has 0 unspecified atom stereocenters. The smallest absolute Gasteiger partial charge is 0.222 e. The van der Waals surface area contributed by atoms with Gasteiger partial charge < -0.3 is 10.2 Å². The molecule has 25 heavy (non-hydrogen) atoms. The molecule has 1 aliphatic heterocycles. The minimum Gasteiger partial charge on any atom is -0.354 e. The third kappa shape index (κ3) is 3.78. The van der Waals surface area contributed by atoms with Gasteiger partial charge in [0.05, 0.1) is 12.2 Å². The third-order valence-corrected chi connectivity index (χ3v) is 4.48. The lowest BCUT2D eigenvalue weighted by molar-refractivity contribution is -0.130. The van der Waals surface area contributed by atoms with E-state index in [-0.39, 0.29) is 17.7 Å². The molecule has 1 N–H and O–H groups in total. The summed E-state index contributed by atoms with van der Waals surface area (Å²) < 4.78 is 1.80. The van der Waals surface area contributed by atoms with Crippen LogP contribution in [0.1, 0.15) is 44.7 Å². The van der Waals surface area contributed by atoms with Crippen LogP contribution in [0.25, 0.3) is 11.2 Å². The van der Waals surface area contributed by atoms with Gasteiger partial charge in [0.25, 0.3) is 0 Å². The Labute approximate surface area is 146 Å². The quantitative estimate of drug-likeness (QED) is 0.846. The van der Waals surface area contributed by atoms with Gasteiger partial charge in [0.15, 0.2) is 5.65 Å². The first-order valence-electron chi connectivity index (χ1n) is 8.79. The van der Waals surface area contributed by atoms with Crippen molar-refractivity contribution in [1.29, 1.82) is 0 Å². The Morgan fingerprint density at radius 1 is 1.32 bits per heavy atom. The molecule has 134 valence electrons. The average Bonchev–Trinajstić information content (AvgIpc) is 3.20. The van der Waals surface area contributed by atoms with Gasteiger partial charge in [-0.25, -0.2) is 14.6 Å². The Kier molecular flexibility index (Phi) is 5.25. The fraction of sp³-hybridized carbons (Fsp3) is 0.588. The Bertz CT molecular complexity index is 772. The summed E-state index contributed by atoms with van der Waals surface area (Å²) in [6.45, 7) is 6.00. The van der Waals surface area contributed by atoms with Crippen LogP contribution in [0.4, 0.5) is 0 Å². The highest BCUT2D eigenvalue weighted by atomic mass is 16.2. The first kappa shape index (κ1) is 17.3. The molecule has 8 nitrogen and oxygen atoms in total. The zero-order chi connectivity index (χ0) is 17.8. The molecule has 1 aliphatic rings. The molecule has 2 aromatic heterocycles. The van der Waals surface area contributed by atoms with Crippen molar-refractivity contribution in [2.45, 2.75) is 45.6 Å². The lowest BCUT2D eigenvalue weighted by Gasteiger charge is -2.15. The van der Waals surface area contributed by atoms with Crippen molar-refractivity contribution < 1.29 is 9.59 Å².